The molecule has 0 radical (unpaired) electrons. The fourth-order valence-electron chi connectivity index (χ4n) is 2.61. The average Bonchev–Trinajstić information content (AvgIpc) is 3.16. The van der Waals surface area contributed by atoms with Crippen LogP contribution in [0.15, 0.2) is 60.9 Å². The van der Waals surface area contributed by atoms with E-state index in [9.17, 15) is 19.1 Å². The standard InChI is InChI=1S/C19H17FN4O3/c20-16-7-5-14(6-8-16)17(19(26)27)11-21-18(25)15-3-1-13(2-4-15)12-24-10-9-22-23-24/h1-10,17H,11-12H2,(H,21,25)(H,26,27). The topological polar surface area (TPSA) is 97.1 Å². The van der Waals surface area contributed by atoms with Crippen LogP contribution in [0.5, 0.6) is 0 Å². The molecule has 0 saturated heterocycles. The highest BCUT2D eigenvalue weighted by molar-refractivity contribution is 5.94. The number of nitrogens with zero attached hydrogens (tertiary/aromatic N) is 3. The zero-order chi connectivity index (χ0) is 19.2. The van der Waals surface area contributed by atoms with E-state index in [1.165, 1.54) is 24.3 Å². The minimum absolute atomic E-state index is 0.0967. The van der Waals surface area contributed by atoms with Crippen molar-refractivity contribution >= 4 is 11.9 Å². The van der Waals surface area contributed by atoms with Gasteiger partial charge in [0.1, 0.15) is 5.82 Å². The number of aromatic nitrogens is 3. The molecule has 0 aliphatic heterocycles. The molecule has 2 aromatic carbocycles. The Morgan fingerprint density at radius 2 is 1.81 bits per heavy atom. The maximum atomic E-state index is 13.0. The molecule has 2 N–H and O–H groups in total. The van der Waals surface area contributed by atoms with Crippen LogP contribution in [0.4, 0.5) is 4.39 Å². The lowest BCUT2D eigenvalue weighted by Crippen LogP contribution is -2.31. The van der Waals surface area contributed by atoms with E-state index in [1.54, 1.807) is 41.3 Å². The Morgan fingerprint density at radius 3 is 2.41 bits per heavy atom. The maximum Gasteiger partial charge on any atom is 0.312 e. The van der Waals surface area contributed by atoms with Crippen LogP contribution in [0, 0.1) is 5.82 Å². The molecule has 7 nitrogen and oxygen atoms in total. The first-order valence-corrected chi connectivity index (χ1v) is 8.22. The van der Waals surface area contributed by atoms with Gasteiger partial charge in [-0.15, -0.1) is 5.10 Å². The summed E-state index contributed by atoms with van der Waals surface area (Å²) < 4.78 is 14.7. The number of carbonyl (C=O) groups is 2. The van der Waals surface area contributed by atoms with Gasteiger partial charge in [-0.2, -0.15) is 0 Å². The van der Waals surface area contributed by atoms with E-state index in [2.05, 4.69) is 15.6 Å². The summed E-state index contributed by atoms with van der Waals surface area (Å²) in [6.07, 6.45) is 3.32. The molecular formula is C19H17FN4O3. The monoisotopic (exact) mass is 368 g/mol. The summed E-state index contributed by atoms with van der Waals surface area (Å²) in [6, 6.07) is 12.1. The maximum absolute atomic E-state index is 13.0. The van der Waals surface area contributed by atoms with E-state index >= 15 is 0 Å². The van der Waals surface area contributed by atoms with Crippen LogP contribution in [0.3, 0.4) is 0 Å². The van der Waals surface area contributed by atoms with Gasteiger partial charge in [0.05, 0.1) is 18.7 Å². The average molecular weight is 368 g/mol. The van der Waals surface area contributed by atoms with Gasteiger partial charge in [0.25, 0.3) is 5.91 Å². The van der Waals surface area contributed by atoms with Crippen LogP contribution in [-0.2, 0) is 11.3 Å². The van der Waals surface area contributed by atoms with Crippen molar-refractivity contribution in [3.05, 3.63) is 83.4 Å². The summed E-state index contributed by atoms with van der Waals surface area (Å²) >= 11 is 0. The molecule has 8 heteroatoms. The normalized spacial score (nSPS) is 11.7. The molecule has 0 aliphatic rings. The summed E-state index contributed by atoms with van der Waals surface area (Å²) in [4.78, 5) is 23.8. The van der Waals surface area contributed by atoms with Crippen LogP contribution in [0.1, 0.15) is 27.4 Å². The molecule has 27 heavy (non-hydrogen) atoms. The largest absolute Gasteiger partial charge is 0.481 e. The molecule has 1 aromatic heterocycles. The number of amides is 1. The Morgan fingerprint density at radius 1 is 1.11 bits per heavy atom. The van der Waals surface area contributed by atoms with Gasteiger partial charge >= 0.3 is 5.97 Å². The van der Waals surface area contributed by atoms with E-state index in [1.807, 2.05) is 0 Å². The number of hydrogen-bond donors (Lipinski definition) is 2. The number of benzene rings is 2. The molecule has 3 rings (SSSR count). The lowest BCUT2D eigenvalue weighted by Gasteiger charge is -2.14. The Labute approximate surface area is 154 Å². The Balaban J connectivity index is 1.61. The Bertz CT molecular complexity index is 909. The van der Waals surface area contributed by atoms with Gasteiger partial charge < -0.3 is 10.4 Å². The highest BCUT2D eigenvalue weighted by Gasteiger charge is 2.21. The van der Waals surface area contributed by atoms with Gasteiger partial charge in [-0.05, 0) is 35.4 Å². The third-order valence-corrected chi connectivity index (χ3v) is 4.07. The lowest BCUT2D eigenvalue weighted by molar-refractivity contribution is -0.138. The van der Waals surface area contributed by atoms with Crippen molar-refractivity contribution in [1.29, 1.82) is 0 Å². The summed E-state index contributed by atoms with van der Waals surface area (Å²) in [5, 5.41) is 19.6. The second kappa shape index (κ2) is 8.22. The first kappa shape index (κ1) is 18.2. The van der Waals surface area contributed by atoms with Gasteiger partial charge in [-0.3, -0.25) is 9.59 Å². The number of carbonyl (C=O) groups excluding carboxylic acids is 1. The van der Waals surface area contributed by atoms with Gasteiger partial charge in [0.2, 0.25) is 0 Å². The van der Waals surface area contributed by atoms with E-state index in [0.717, 1.165) is 5.56 Å². The molecule has 1 unspecified atom stereocenters. The second-order valence-electron chi connectivity index (χ2n) is 5.95. The predicted molar refractivity (Wildman–Crippen MR) is 94.7 cm³/mol. The Kier molecular flexibility index (Phi) is 5.55. The quantitative estimate of drug-likeness (QED) is 0.665. The van der Waals surface area contributed by atoms with Crippen molar-refractivity contribution in [2.24, 2.45) is 0 Å². The fourth-order valence-corrected chi connectivity index (χ4v) is 2.61. The molecule has 0 saturated carbocycles. The molecule has 0 fully saturated rings. The predicted octanol–water partition coefficient (Wildman–Crippen LogP) is 2.06. The van der Waals surface area contributed by atoms with Gasteiger partial charge in [0, 0.05) is 18.3 Å². The van der Waals surface area contributed by atoms with Crippen molar-refractivity contribution in [2.75, 3.05) is 6.54 Å². The number of rotatable bonds is 7. The third kappa shape index (κ3) is 4.75. The zero-order valence-electron chi connectivity index (χ0n) is 14.2. The van der Waals surface area contributed by atoms with Crippen LogP contribution in [0.2, 0.25) is 0 Å². The van der Waals surface area contributed by atoms with Crippen LogP contribution >= 0.6 is 0 Å². The molecular weight excluding hydrogens is 351 g/mol. The number of carboxylic acids is 1. The summed E-state index contributed by atoms with van der Waals surface area (Å²) in [5.41, 5.74) is 1.79. The van der Waals surface area contributed by atoms with Crippen LogP contribution in [0.25, 0.3) is 0 Å². The van der Waals surface area contributed by atoms with Crippen LogP contribution < -0.4 is 5.32 Å². The van der Waals surface area contributed by atoms with Crippen molar-refractivity contribution in [2.45, 2.75) is 12.5 Å². The minimum Gasteiger partial charge on any atom is -0.481 e. The Hall–Kier alpha value is -3.55. The van der Waals surface area contributed by atoms with Crippen molar-refractivity contribution in [3.8, 4) is 0 Å². The van der Waals surface area contributed by atoms with Crippen molar-refractivity contribution in [1.82, 2.24) is 20.3 Å². The molecule has 3 aromatic rings. The highest BCUT2D eigenvalue weighted by Crippen LogP contribution is 2.16. The molecule has 0 spiro atoms. The smallest absolute Gasteiger partial charge is 0.312 e. The van der Waals surface area contributed by atoms with E-state index in [4.69, 9.17) is 0 Å². The number of halogens is 1. The van der Waals surface area contributed by atoms with Crippen molar-refractivity contribution < 1.29 is 19.1 Å². The number of aliphatic carboxylic acids is 1. The minimum atomic E-state index is -1.09. The van der Waals surface area contributed by atoms with Gasteiger partial charge in [-0.25, -0.2) is 9.07 Å². The first-order valence-electron chi connectivity index (χ1n) is 8.22. The number of nitrogens with one attached hydrogen (secondary N) is 1. The third-order valence-electron chi connectivity index (χ3n) is 4.07. The van der Waals surface area contributed by atoms with Crippen LogP contribution in [-0.4, -0.2) is 38.5 Å². The SMILES string of the molecule is O=C(NCC(C(=O)O)c1ccc(F)cc1)c1ccc(Cn2ccnn2)cc1. The van der Waals surface area contributed by atoms with Gasteiger partial charge in [0.15, 0.2) is 0 Å². The first-order chi connectivity index (χ1) is 13.0. The zero-order valence-corrected chi connectivity index (χ0v) is 14.2. The van der Waals surface area contributed by atoms with E-state index in [-0.39, 0.29) is 12.5 Å². The lowest BCUT2D eigenvalue weighted by atomic mass is 9.99. The summed E-state index contributed by atoms with van der Waals surface area (Å²) in [7, 11) is 0. The second-order valence-corrected chi connectivity index (χ2v) is 5.95. The van der Waals surface area contributed by atoms with Crippen molar-refractivity contribution in [3.63, 3.8) is 0 Å². The van der Waals surface area contributed by atoms with E-state index < -0.39 is 17.7 Å². The molecule has 1 heterocycles. The highest BCUT2D eigenvalue weighted by atomic mass is 19.1. The molecule has 0 bridgehead atoms. The number of carboxylic acid groups (broad SMARTS) is 1. The molecule has 1 atom stereocenters. The molecule has 138 valence electrons. The van der Waals surface area contributed by atoms with E-state index in [0.29, 0.717) is 17.7 Å². The fraction of sp³-hybridized carbons (Fsp3) is 0.158. The molecule has 0 aliphatic carbocycles. The summed E-state index contributed by atoms with van der Waals surface area (Å²) in [6.45, 7) is 0.439. The summed E-state index contributed by atoms with van der Waals surface area (Å²) in [5.74, 6) is -2.88. The van der Waals surface area contributed by atoms with Gasteiger partial charge in [-0.1, -0.05) is 29.5 Å². The molecule has 1 amide bonds. The number of hydrogen-bond acceptors (Lipinski definition) is 4.